The zero-order valence-corrected chi connectivity index (χ0v) is 14.6. The maximum Gasteiger partial charge on any atom is 0.213 e. The molecule has 0 bridgehead atoms. The molecule has 0 aromatic carbocycles. The first kappa shape index (κ1) is 17.5. The van der Waals surface area contributed by atoms with E-state index in [1.165, 1.54) is 0 Å². The van der Waals surface area contributed by atoms with E-state index in [1.807, 2.05) is 39.2 Å². The van der Waals surface area contributed by atoms with Gasteiger partial charge < -0.3 is 19.7 Å². The first-order valence-corrected chi connectivity index (χ1v) is 8.19. The predicted molar refractivity (Wildman–Crippen MR) is 91.8 cm³/mol. The van der Waals surface area contributed by atoms with E-state index in [1.54, 1.807) is 0 Å². The lowest BCUT2D eigenvalue weighted by molar-refractivity contribution is 0.181. The number of rotatable bonds is 6. The van der Waals surface area contributed by atoms with E-state index in [4.69, 9.17) is 9.47 Å². The van der Waals surface area contributed by atoms with Crippen LogP contribution in [0, 0.1) is 5.92 Å². The summed E-state index contributed by atoms with van der Waals surface area (Å²) < 4.78 is 11.0. The van der Waals surface area contributed by atoms with Gasteiger partial charge in [0.05, 0.1) is 12.7 Å². The molecule has 6 nitrogen and oxygen atoms in total. The van der Waals surface area contributed by atoms with Crippen molar-refractivity contribution in [3.8, 4) is 5.88 Å². The van der Waals surface area contributed by atoms with Crippen LogP contribution >= 0.6 is 0 Å². The third kappa shape index (κ3) is 5.71. The van der Waals surface area contributed by atoms with Crippen LogP contribution < -0.4 is 10.1 Å². The van der Waals surface area contributed by atoms with Gasteiger partial charge in [0.2, 0.25) is 5.88 Å². The molecular formula is C17H28N4O2. The second-order valence-electron chi connectivity index (χ2n) is 6.18. The lowest BCUT2D eigenvalue weighted by Crippen LogP contribution is -2.41. The van der Waals surface area contributed by atoms with Crippen molar-refractivity contribution >= 4 is 5.96 Å². The highest BCUT2D eigenvalue weighted by Gasteiger charge is 2.18. The highest BCUT2D eigenvalue weighted by Crippen LogP contribution is 2.13. The van der Waals surface area contributed by atoms with Crippen molar-refractivity contribution in [1.29, 1.82) is 0 Å². The van der Waals surface area contributed by atoms with Gasteiger partial charge in [-0.05, 0) is 25.8 Å². The summed E-state index contributed by atoms with van der Waals surface area (Å²) in [6.45, 7) is 7.36. The zero-order chi connectivity index (χ0) is 16.7. The Hall–Kier alpha value is -1.82. The largest absolute Gasteiger partial charge is 0.475 e. The summed E-state index contributed by atoms with van der Waals surface area (Å²) in [7, 11) is 3.87. The molecular weight excluding hydrogens is 292 g/mol. The molecule has 6 heteroatoms. The number of aliphatic imine (C=N–C) groups is 1. The number of pyridine rings is 1. The van der Waals surface area contributed by atoms with E-state index in [2.05, 4.69) is 27.2 Å². The predicted octanol–water partition coefficient (Wildman–Crippen LogP) is 1.91. The maximum atomic E-state index is 5.55. The molecule has 0 aliphatic carbocycles. The summed E-state index contributed by atoms with van der Waals surface area (Å²) in [6, 6.07) is 3.93. The first-order valence-electron chi connectivity index (χ1n) is 8.19. The quantitative estimate of drug-likeness (QED) is 0.641. The summed E-state index contributed by atoms with van der Waals surface area (Å²) in [5.41, 5.74) is 1.10. The van der Waals surface area contributed by atoms with Crippen molar-refractivity contribution in [2.75, 3.05) is 33.9 Å². The number of guanidine groups is 1. The minimum atomic E-state index is 0.138. The Morgan fingerprint density at radius 3 is 2.91 bits per heavy atom. The fourth-order valence-electron chi connectivity index (χ4n) is 2.59. The van der Waals surface area contributed by atoms with E-state index < -0.39 is 0 Å². The van der Waals surface area contributed by atoms with Gasteiger partial charge in [0.1, 0.15) is 0 Å². The van der Waals surface area contributed by atoms with Gasteiger partial charge in [0.15, 0.2) is 5.96 Å². The monoisotopic (exact) mass is 320 g/mol. The van der Waals surface area contributed by atoms with Crippen LogP contribution in [0.5, 0.6) is 5.88 Å². The number of hydrogen-bond acceptors (Lipinski definition) is 4. The van der Waals surface area contributed by atoms with Gasteiger partial charge in [0, 0.05) is 52.0 Å². The average molecular weight is 320 g/mol. The molecule has 0 spiro atoms. The molecule has 1 saturated heterocycles. The summed E-state index contributed by atoms with van der Waals surface area (Å²) in [4.78, 5) is 10.8. The summed E-state index contributed by atoms with van der Waals surface area (Å²) in [5, 5.41) is 3.37. The van der Waals surface area contributed by atoms with Gasteiger partial charge in [-0.1, -0.05) is 6.07 Å². The lowest BCUT2D eigenvalue weighted by atomic mass is 10.1. The number of nitrogens with one attached hydrogen (secondary N) is 1. The van der Waals surface area contributed by atoms with Crippen LogP contribution in [0.4, 0.5) is 0 Å². The van der Waals surface area contributed by atoms with Crippen molar-refractivity contribution in [1.82, 2.24) is 15.2 Å². The Bertz CT molecular complexity index is 496. The highest BCUT2D eigenvalue weighted by molar-refractivity contribution is 5.79. The normalized spacial score (nSPS) is 18.3. The van der Waals surface area contributed by atoms with E-state index in [-0.39, 0.29) is 6.10 Å². The minimum Gasteiger partial charge on any atom is -0.475 e. The summed E-state index contributed by atoms with van der Waals surface area (Å²) in [5.74, 6) is 2.14. The maximum absolute atomic E-state index is 5.55. The van der Waals surface area contributed by atoms with Gasteiger partial charge in [-0.15, -0.1) is 0 Å². The smallest absolute Gasteiger partial charge is 0.213 e. The SMILES string of the molecule is CN=C(NCc1ccc(OC(C)C)nc1)N(C)CC1CCOC1. The molecule has 2 heterocycles. The first-order chi connectivity index (χ1) is 11.1. The van der Waals surface area contributed by atoms with Crippen LogP contribution in [-0.2, 0) is 11.3 Å². The van der Waals surface area contributed by atoms with Crippen molar-refractivity contribution in [2.24, 2.45) is 10.9 Å². The molecule has 1 fully saturated rings. The highest BCUT2D eigenvalue weighted by atomic mass is 16.5. The fourth-order valence-corrected chi connectivity index (χ4v) is 2.59. The van der Waals surface area contributed by atoms with Gasteiger partial charge in [-0.2, -0.15) is 0 Å². The molecule has 1 atom stereocenters. The molecule has 1 aromatic rings. The Morgan fingerprint density at radius 2 is 2.35 bits per heavy atom. The van der Waals surface area contributed by atoms with Gasteiger partial charge >= 0.3 is 0 Å². The lowest BCUT2D eigenvalue weighted by Gasteiger charge is -2.24. The topological polar surface area (TPSA) is 59.0 Å². The molecule has 128 valence electrons. The number of nitrogens with zero attached hydrogens (tertiary/aromatic N) is 3. The van der Waals surface area contributed by atoms with Gasteiger partial charge in [-0.3, -0.25) is 4.99 Å². The minimum absolute atomic E-state index is 0.138. The van der Waals surface area contributed by atoms with E-state index >= 15 is 0 Å². The Balaban J connectivity index is 1.82. The summed E-state index contributed by atoms with van der Waals surface area (Å²) >= 11 is 0. The molecule has 0 saturated carbocycles. The van der Waals surface area contributed by atoms with Crippen molar-refractivity contribution < 1.29 is 9.47 Å². The van der Waals surface area contributed by atoms with Crippen LogP contribution in [-0.4, -0.2) is 55.8 Å². The van der Waals surface area contributed by atoms with Gasteiger partial charge in [-0.25, -0.2) is 4.98 Å². The second kappa shape index (κ2) is 8.72. The van der Waals surface area contributed by atoms with Crippen LogP contribution in [0.15, 0.2) is 23.3 Å². The van der Waals surface area contributed by atoms with Crippen LogP contribution in [0.1, 0.15) is 25.8 Å². The van der Waals surface area contributed by atoms with Gasteiger partial charge in [0.25, 0.3) is 0 Å². The van der Waals surface area contributed by atoms with E-state index in [0.717, 1.165) is 37.7 Å². The van der Waals surface area contributed by atoms with Crippen molar-refractivity contribution in [3.05, 3.63) is 23.9 Å². The van der Waals surface area contributed by atoms with Crippen molar-refractivity contribution in [2.45, 2.75) is 32.9 Å². The number of ether oxygens (including phenoxy) is 2. The summed E-state index contributed by atoms with van der Waals surface area (Å²) in [6.07, 6.45) is 3.10. The Labute approximate surface area is 138 Å². The zero-order valence-electron chi connectivity index (χ0n) is 14.6. The molecule has 1 aliphatic rings. The molecule has 1 aliphatic heterocycles. The van der Waals surface area contributed by atoms with Crippen LogP contribution in [0.25, 0.3) is 0 Å². The van der Waals surface area contributed by atoms with E-state index in [0.29, 0.717) is 18.3 Å². The third-order valence-corrected chi connectivity index (χ3v) is 3.73. The van der Waals surface area contributed by atoms with Crippen molar-refractivity contribution in [3.63, 3.8) is 0 Å². The van der Waals surface area contributed by atoms with Crippen LogP contribution in [0.2, 0.25) is 0 Å². The number of aromatic nitrogens is 1. The average Bonchev–Trinajstić information content (AvgIpc) is 3.02. The third-order valence-electron chi connectivity index (χ3n) is 3.73. The molecule has 1 aromatic heterocycles. The molecule has 23 heavy (non-hydrogen) atoms. The molecule has 0 radical (unpaired) electrons. The fraction of sp³-hybridized carbons (Fsp3) is 0.647. The number of hydrogen-bond donors (Lipinski definition) is 1. The second-order valence-corrected chi connectivity index (χ2v) is 6.18. The Kier molecular flexibility index (Phi) is 6.65. The Morgan fingerprint density at radius 1 is 1.52 bits per heavy atom. The van der Waals surface area contributed by atoms with Crippen LogP contribution in [0.3, 0.4) is 0 Å². The standard InChI is InChI=1S/C17H28N4O2/c1-13(2)23-16-6-5-14(9-19-16)10-20-17(18-3)21(4)11-15-7-8-22-12-15/h5-6,9,13,15H,7-8,10-12H2,1-4H3,(H,18,20). The molecule has 2 rings (SSSR count). The molecule has 1 unspecified atom stereocenters. The molecule has 1 N–H and O–H groups in total. The molecule has 0 amide bonds. The van der Waals surface area contributed by atoms with E-state index in [9.17, 15) is 0 Å².